The summed E-state index contributed by atoms with van der Waals surface area (Å²) in [7, 11) is 0. The van der Waals surface area contributed by atoms with Gasteiger partial charge in [-0.25, -0.2) is 8.35 Å². The molecule has 108 valence electrons. The second kappa shape index (κ2) is 5.79. The highest BCUT2D eigenvalue weighted by Crippen LogP contribution is 2.21. The molecule has 3 aromatic rings. The summed E-state index contributed by atoms with van der Waals surface area (Å²) in [6.45, 7) is 2.58. The van der Waals surface area contributed by atoms with Gasteiger partial charge in [0.2, 0.25) is 0 Å². The van der Waals surface area contributed by atoms with E-state index in [4.69, 9.17) is 4.74 Å². The smallest absolute Gasteiger partial charge is 0.273 e. The van der Waals surface area contributed by atoms with Gasteiger partial charge < -0.3 is 4.74 Å². The highest BCUT2D eigenvalue weighted by atomic mass is 32.1. The largest absolute Gasteiger partial charge is 0.377 e. The molecule has 0 aliphatic rings. The molecule has 0 spiro atoms. The molecule has 0 atom stereocenters. The molecular weight excluding hydrogens is 289 g/mol. The first-order valence-electron chi connectivity index (χ1n) is 6.68. The molecular formula is C16H14FNO2S. The Balaban J connectivity index is 2.10. The standard InChI is InChI=1S/C16H14FNO2S/c1-2-20-10-11-9-12(7-8-14(11)17)18-16(19)13-5-3-4-6-15(13)21-18/h3-9H,2,10H2,1H3. The van der Waals surface area contributed by atoms with Crippen LogP contribution in [0.1, 0.15) is 12.5 Å². The van der Waals surface area contributed by atoms with Gasteiger partial charge >= 0.3 is 0 Å². The summed E-state index contributed by atoms with van der Waals surface area (Å²) in [5.41, 5.74) is 1.04. The van der Waals surface area contributed by atoms with Gasteiger partial charge in [0.05, 0.1) is 22.4 Å². The molecule has 0 fully saturated rings. The van der Waals surface area contributed by atoms with Crippen molar-refractivity contribution in [2.45, 2.75) is 13.5 Å². The van der Waals surface area contributed by atoms with E-state index in [1.807, 2.05) is 25.1 Å². The zero-order chi connectivity index (χ0) is 14.8. The van der Waals surface area contributed by atoms with Crippen LogP contribution in [-0.2, 0) is 11.3 Å². The van der Waals surface area contributed by atoms with Crippen molar-refractivity contribution in [1.29, 1.82) is 0 Å². The molecule has 1 aromatic heterocycles. The SMILES string of the molecule is CCOCc1cc(-n2sc3ccccc3c2=O)ccc1F. The van der Waals surface area contributed by atoms with Crippen LogP contribution in [-0.4, -0.2) is 10.6 Å². The number of benzene rings is 2. The lowest BCUT2D eigenvalue weighted by molar-refractivity contribution is 0.131. The zero-order valence-corrected chi connectivity index (χ0v) is 12.3. The lowest BCUT2D eigenvalue weighted by Crippen LogP contribution is -2.11. The van der Waals surface area contributed by atoms with Crippen LogP contribution in [0.15, 0.2) is 47.3 Å². The van der Waals surface area contributed by atoms with Crippen LogP contribution >= 0.6 is 11.5 Å². The fourth-order valence-corrected chi connectivity index (χ4v) is 3.14. The molecule has 0 unspecified atom stereocenters. The van der Waals surface area contributed by atoms with Gasteiger partial charge in [-0.05, 0) is 37.3 Å². The molecule has 0 aliphatic heterocycles. The van der Waals surface area contributed by atoms with E-state index in [1.54, 1.807) is 22.2 Å². The first-order chi connectivity index (χ1) is 10.2. The molecule has 0 aliphatic carbocycles. The molecule has 0 N–H and O–H groups in total. The maximum absolute atomic E-state index is 13.7. The van der Waals surface area contributed by atoms with Gasteiger partial charge in [-0.15, -0.1) is 0 Å². The monoisotopic (exact) mass is 303 g/mol. The van der Waals surface area contributed by atoms with Crippen LogP contribution in [0.25, 0.3) is 15.8 Å². The lowest BCUT2D eigenvalue weighted by atomic mass is 10.2. The van der Waals surface area contributed by atoms with E-state index in [1.165, 1.54) is 17.6 Å². The van der Waals surface area contributed by atoms with Crippen molar-refractivity contribution in [3.05, 3.63) is 64.2 Å². The molecule has 21 heavy (non-hydrogen) atoms. The molecule has 0 amide bonds. The number of fused-ring (bicyclic) bond motifs is 1. The minimum Gasteiger partial charge on any atom is -0.377 e. The number of hydrogen-bond donors (Lipinski definition) is 0. The molecule has 0 saturated carbocycles. The molecule has 0 saturated heterocycles. The first kappa shape index (κ1) is 14.0. The Bertz CT molecular complexity index is 838. The van der Waals surface area contributed by atoms with E-state index in [0.29, 0.717) is 23.2 Å². The Kier molecular flexibility index (Phi) is 3.86. The molecule has 1 heterocycles. The number of hydrogen-bond acceptors (Lipinski definition) is 3. The lowest BCUT2D eigenvalue weighted by Gasteiger charge is -2.06. The highest BCUT2D eigenvalue weighted by molar-refractivity contribution is 7.14. The zero-order valence-electron chi connectivity index (χ0n) is 11.5. The van der Waals surface area contributed by atoms with Crippen molar-refractivity contribution >= 4 is 21.6 Å². The summed E-state index contributed by atoms with van der Waals surface area (Å²) in [5, 5.41) is 0.679. The van der Waals surface area contributed by atoms with Crippen LogP contribution < -0.4 is 5.56 Å². The van der Waals surface area contributed by atoms with Crippen molar-refractivity contribution in [2.24, 2.45) is 0 Å². The van der Waals surface area contributed by atoms with Crippen molar-refractivity contribution in [3.63, 3.8) is 0 Å². The predicted octanol–water partition coefficient (Wildman–Crippen LogP) is 3.73. The fraction of sp³-hybridized carbons (Fsp3) is 0.188. The average molecular weight is 303 g/mol. The first-order valence-corrected chi connectivity index (χ1v) is 7.45. The summed E-state index contributed by atoms with van der Waals surface area (Å²) < 4.78 is 21.5. The second-order valence-electron chi connectivity index (χ2n) is 4.60. The fourth-order valence-electron chi connectivity index (χ4n) is 2.15. The van der Waals surface area contributed by atoms with Gasteiger partial charge in [-0.3, -0.25) is 4.79 Å². The topological polar surface area (TPSA) is 31.2 Å². The Morgan fingerprint density at radius 1 is 1.24 bits per heavy atom. The van der Waals surface area contributed by atoms with Gasteiger partial charge in [0.1, 0.15) is 5.82 Å². The average Bonchev–Trinajstić information content (AvgIpc) is 2.84. The summed E-state index contributed by atoms with van der Waals surface area (Å²) in [4.78, 5) is 12.4. The van der Waals surface area contributed by atoms with Gasteiger partial charge in [0.15, 0.2) is 0 Å². The van der Waals surface area contributed by atoms with E-state index in [-0.39, 0.29) is 18.0 Å². The van der Waals surface area contributed by atoms with Crippen LogP contribution in [0.5, 0.6) is 0 Å². The maximum Gasteiger partial charge on any atom is 0.273 e. The van der Waals surface area contributed by atoms with Gasteiger partial charge in [0.25, 0.3) is 5.56 Å². The van der Waals surface area contributed by atoms with Crippen LogP contribution in [0.3, 0.4) is 0 Å². The third-order valence-electron chi connectivity index (χ3n) is 3.22. The molecule has 5 heteroatoms. The van der Waals surface area contributed by atoms with E-state index in [2.05, 4.69) is 0 Å². The third-order valence-corrected chi connectivity index (χ3v) is 4.33. The second-order valence-corrected chi connectivity index (χ2v) is 5.59. The number of ether oxygens (including phenoxy) is 1. The molecule has 2 aromatic carbocycles. The minimum atomic E-state index is -0.318. The molecule has 0 bridgehead atoms. The van der Waals surface area contributed by atoms with Gasteiger partial charge in [-0.2, -0.15) is 0 Å². The number of halogens is 1. The Labute approximate surface area is 125 Å². The number of rotatable bonds is 4. The summed E-state index contributed by atoms with van der Waals surface area (Å²) in [6.07, 6.45) is 0. The third kappa shape index (κ3) is 2.62. The van der Waals surface area contributed by atoms with Crippen LogP contribution in [0.2, 0.25) is 0 Å². The molecule has 3 rings (SSSR count). The molecule has 3 nitrogen and oxygen atoms in total. The van der Waals surface area contributed by atoms with Crippen LogP contribution in [0.4, 0.5) is 4.39 Å². The van der Waals surface area contributed by atoms with Gasteiger partial charge in [0, 0.05) is 12.2 Å². The van der Waals surface area contributed by atoms with E-state index in [9.17, 15) is 9.18 Å². The van der Waals surface area contributed by atoms with Crippen LogP contribution in [0, 0.1) is 5.82 Å². The maximum atomic E-state index is 13.7. The Morgan fingerprint density at radius 2 is 2.05 bits per heavy atom. The van der Waals surface area contributed by atoms with Crippen molar-refractivity contribution in [2.75, 3.05) is 6.61 Å². The number of nitrogens with zero attached hydrogens (tertiary/aromatic N) is 1. The Morgan fingerprint density at radius 3 is 2.81 bits per heavy atom. The van der Waals surface area contributed by atoms with Crippen molar-refractivity contribution in [1.82, 2.24) is 3.96 Å². The van der Waals surface area contributed by atoms with Crippen molar-refractivity contribution < 1.29 is 9.13 Å². The van der Waals surface area contributed by atoms with E-state index < -0.39 is 0 Å². The summed E-state index contributed by atoms with van der Waals surface area (Å²) in [6, 6.07) is 12.1. The predicted molar refractivity (Wildman–Crippen MR) is 82.7 cm³/mol. The highest BCUT2D eigenvalue weighted by Gasteiger charge is 2.11. The van der Waals surface area contributed by atoms with E-state index >= 15 is 0 Å². The summed E-state index contributed by atoms with van der Waals surface area (Å²) >= 11 is 1.36. The summed E-state index contributed by atoms with van der Waals surface area (Å²) in [5.74, 6) is -0.318. The van der Waals surface area contributed by atoms with E-state index in [0.717, 1.165) is 4.70 Å². The normalized spacial score (nSPS) is 11.1. The Hall–Kier alpha value is -1.98. The quantitative estimate of drug-likeness (QED) is 0.735. The molecule has 0 radical (unpaired) electrons. The minimum absolute atomic E-state index is 0.0791. The number of aromatic nitrogens is 1. The van der Waals surface area contributed by atoms with Crippen molar-refractivity contribution in [3.8, 4) is 5.69 Å². The van der Waals surface area contributed by atoms with Gasteiger partial charge in [-0.1, -0.05) is 23.7 Å².